The molecule has 2 aromatic carbocycles. The normalized spacial score (nSPS) is 13.9. The molecule has 0 bridgehead atoms. The maximum atomic E-state index is 12.4. The van der Waals surface area contributed by atoms with E-state index < -0.39 is 0 Å². The zero-order chi connectivity index (χ0) is 16.8. The van der Waals surface area contributed by atoms with Crippen molar-refractivity contribution in [3.05, 3.63) is 65.7 Å². The number of amides is 1. The Hall–Kier alpha value is -2.07. The summed E-state index contributed by atoms with van der Waals surface area (Å²) in [6.07, 6.45) is 2.07. The Morgan fingerprint density at radius 3 is 2.46 bits per heavy atom. The lowest BCUT2D eigenvalue weighted by atomic mass is 10.1. The summed E-state index contributed by atoms with van der Waals surface area (Å²) in [7, 11) is 0. The molecule has 4 heteroatoms. The van der Waals surface area contributed by atoms with Gasteiger partial charge in [0.1, 0.15) is 0 Å². The summed E-state index contributed by atoms with van der Waals surface area (Å²) < 4.78 is 0. The smallest absolute Gasteiger partial charge is 0.230 e. The molecule has 1 aliphatic rings. The minimum absolute atomic E-state index is 0.0210. The molecule has 0 unspecified atom stereocenters. The molecule has 0 N–H and O–H groups in total. The second-order valence-electron chi connectivity index (χ2n) is 5.99. The van der Waals surface area contributed by atoms with Crippen molar-refractivity contribution in [3.63, 3.8) is 0 Å². The highest BCUT2D eigenvalue weighted by Gasteiger charge is 2.21. The van der Waals surface area contributed by atoms with Crippen LogP contribution in [0.5, 0.6) is 0 Å². The fraction of sp³-hybridized carbons (Fsp3) is 0.300. The van der Waals surface area contributed by atoms with E-state index in [0.717, 1.165) is 36.6 Å². The Morgan fingerprint density at radius 1 is 0.958 bits per heavy atom. The molecule has 0 aliphatic carbocycles. The molecule has 0 aromatic heterocycles. The summed E-state index contributed by atoms with van der Waals surface area (Å²) in [5.74, 6) is 0.736. The van der Waals surface area contributed by atoms with Crippen molar-refractivity contribution < 1.29 is 9.59 Å². The Morgan fingerprint density at radius 2 is 1.71 bits per heavy atom. The number of thioether (sulfide) groups is 1. The van der Waals surface area contributed by atoms with Crippen molar-refractivity contribution in [2.75, 3.05) is 13.1 Å². The summed E-state index contributed by atoms with van der Waals surface area (Å²) in [5, 5.41) is 0. The highest BCUT2D eigenvalue weighted by Crippen LogP contribution is 2.24. The van der Waals surface area contributed by atoms with Crippen molar-refractivity contribution >= 4 is 23.5 Å². The van der Waals surface area contributed by atoms with E-state index in [9.17, 15) is 9.59 Å². The van der Waals surface area contributed by atoms with Crippen LogP contribution in [0.4, 0.5) is 0 Å². The molecular weight excluding hydrogens is 318 g/mol. The van der Waals surface area contributed by atoms with Crippen molar-refractivity contribution in [2.45, 2.75) is 29.9 Å². The molecule has 0 saturated carbocycles. The quantitative estimate of drug-likeness (QED) is 0.450. The molecule has 1 fully saturated rings. The van der Waals surface area contributed by atoms with Gasteiger partial charge in [-0.1, -0.05) is 42.5 Å². The van der Waals surface area contributed by atoms with Gasteiger partial charge in [0.25, 0.3) is 0 Å². The Kier molecular flexibility index (Phi) is 5.70. The van der Waals surface area contributed by atoms with Gasteiger partial charge in [-0.25, -0.2) is 0 Å². The fourth-order valence-electron chi connectivity index (χ4n) is 2.82. The van der Waals surface area contributed by atoms with Crippen LogP contribution in [0.3, 0.4) is 0 Å². The summed E-state index contributed by atoms with van der Waals surface area (Å²) in [6.45, 7) is 1.58. The summed E-state index contributed by atoms with van der Waals surface area (Å²) >= 11 is 1.70. The second-order valence-corrected chi connectivity index (χ2v) is 7.04. The molecule has 2 aromatic rings. The van der Waals surface area contributed by atoms with Crippen LogP contribution in [0.15, 0.2) is 59.5 Å². The first kappa shape index (κ1) is 16.8. The molecule has 1 aliphatic heterocycles. The van der Waals surface area contributed by atoms with Gasteiger partial charge in [0.15, 0.2) is 5.78 Å². The molecule has 3 rings (SSSR count). The maximum Gasteiger partial charge on any atom is 0.230 e. The fourth-order valence-corrected chi connectivity index (χ4v) is 3.73. The number of Topliss-reactive ketones (excluding diaryl/α,β-unsaturated/α-hetero) is 1. The molecule has 1 saturated heterocycles. The van der Waals surface area contributed by atoms with Gasteiger partial charge in [-0.15, -0.1) is 11.8 Å². The van der Waals surface area contributed by atoms with E-state index in [0.29, 0.717) is 5.56 Å². The van der Waals surface area contributed by atoms with Crippen LogP contribution in [0.1, 0.15) is 35.2 Å². The molecule has 1 amide bonds. The van der Waals surface area contributed by atoms with Crippen molar-refractivity contribution in [1.29, 1.82) is 0 Å². The largest absolute Gasteiger partial charge is 0.342 e. The zero-order valence-electron chi connectivity index (χ0n) is 13.6. The lowest BCUT2D eigenvalue weighted by molar-refractivity contribution is -0.129. The molecule has 124 valence electrons. The average Bonchev–Trinajstić information content (AvgIpc) is 3.16. The summed E-state index contributed by atoms with van der Waals surface area (Å²) in [4.78, 5) is 27.4. The third-order valence-corrected chi connectivity index (χ3v) is 5.24. The molecule has 3 nitrogen and oxygen atoms in total. The predicted octanol–water partition coefficient (Wildman–Crippen LogP) is 4.17. The highest BCUT2D eigenvalue weighted by atomic mass is 32.2. The first-order valence-electron chi connectivity index (χ1n) is 8.30. The second kappa shape index (κ2) is 8.15. The van der Waals surface area contributed by atoms with E-state index in [1.54, 1.807) is 22.7 Å². The van der Waals surface area contributed by atoms with Gasteiger partial charge in [0.05, 0.1) is 6.42 Å². The van der Waals surface area contributed by atoms with Crippen LogP contribution in [0.25, 0.3) is 0 Å². The van der Waals surface area contributed by atoms with Crippen LogP contribution in [-0.4, -0.2) is 29.7 Å². The van der Waals surface area contributed by atoms with Crippen molar-refractivity contribution in [1.82, 2.24) is 4.90 Å². The molecule has 1 heterocycles. The molecule has 0 atom stereocenters. The van der Waals surface area contributed by atoms with Gasteiger partial charge in [-0.2, -0.15) is 0 Å². The average molecular weight is 339 g/mol. The van der Waals surface area contributed by atoms with E-state index in [2.05, 4.69) is 12.1 Å². The van der Waals surface area contributed by atoms with Crippen LogP contribution in [0, 0.1) is 0 Å². The van der Waals surface area contributed by atoms with Gasteiger partial charge in [0.2, 0.25) is 5.91 Å². The minimum atomic E-state index is -0.0888. The van der Waals surface area contributed by atoms with Crippen molar-refractivity contribution in [3.8, 4) is 0 Å². The first-order chi connectivity index (χ1) is 11.7. The molecular formula is C20H21NO2S. The monoisotopic (exact) mass is 339 g/mol. The lowest BCUT2D eigenvalue weighted by Crippen LogP contribution is -2.29. The SMILES string of the molecule is O=C(CC(=O)N1CCCC1)c1cccc(SCc2ccccc2)c1. The van der Waals surface area contributed by atoms with Crippen LogP contribution in [-0.2, 0) is 10.5 Å². The molecule has 24 heavy (non-hydrogen) atoms. The number of hydrogen-bond donors (Lipinski definition) is 0. The predicted molar refractivity (Wildman–Crippen MR) is 97.2 cm³/mol. The number of rotatable bonds is 6. The summed E-state index contributed by atoms with van der Waals surface area (Å²) in [5.41, 5.74) is 1.88. The third kappa shape index (κ3) is 4.48. The zero-order valence-corrected chi connectivity index (χ0v) is 14.4. The van der Waals surface area contributed by atoms with Crippen LogP contribution < -0.4 is 0 Å². The number of hydrogen-bond acceptors (Lipinski definition) is 3. The van der Waals surface area contributed by atoms with Crippen molar-refractivity contribution in [2.24, 2.45) is 0 Å². The highest BCUT2D eigenvalue weighted by molar-refractivity contribution is 7.98. The van der Waals surface area contributed by atoms with Gasteiger partial charge in [0, 0.05) is 29.3 Å². The Bertz CT molecular complexity index is 709. The van der Waals surface area contributed by atoms with E-state index >= 15 is 0 Å². The standard InChI is InChI=1S/C20H21NO2S/c22-19(14-20(23)21-11-4-5-12-21)17-9-6-10-18(13-17)24-15-16-7-2-1-3-8-16/h1-3,6-10,13H,4-5,11-12,14-15H2. The number of carbonyl (C=O) groups excluding carboxylic acids is 2. The minimum Gasteiger partial charge on any atom is -0.342 e. The maximum absolute atomic E-state index is 12.4. The topological polar surface area (TPSA) is 37.4 Å². The Balaban J connectivity index is 1.59. The lowest BCUT2D eigenvalue weighted by Gasteiger charge is -2.14. The van der Waals surface area contributed by atoms with Crippen LogP contribution in [0.2, 0.25) is 0 Å². The number of benzene rings is 2. The van der Waals surface area contributed by atoms with E-state index in [1.807, 2.05) is 36.4 Å². The number of nitrogens with zero attached hydrogens (tertiary/aromatic N) is 1. The van der Waals surface area contributed by atoms with Crippen LogP contribution >= 0.6 is 11.8 Å². The van der Waals surface area contributed by atoms with Gasteiger partial charge >= 0.3 is 0 Å². The summed E-state index contributed by atoms with van der Waals surface area (Å²) in [6, 6.07) is 17.8. The number of carbonyl (C=O) groups is 2. The van der Waals surface area contributed by atoms with Gasteiger partial charge < -0.3 is 4.90 Å². The first-order valence-corrected chi connectivity index (χ1v) is 9.29. The van der Waals surface area contributed by atoms with Gasteiger partial charge in [-0.05, 0) is 30.5 Å². The van der Waals surface area contributed by atoms with E-state index in [-0.39, 0.29) is 18.1 Å². The third-order valence-electron chi connectivity index (χ3n) is 4.17. The van der Waals surface area contributed by atoms with Gasteiger partial charge in [-0.3, -0.25) is 9.59 Å². The van der Waals surface area contributed by atoms with E-state index in [1.165, 1.54) is 5.56 Å². The van der Waals surface area contributed by atoms with E-state index in [4.69, 9.17) is 0 Å². The molecule has 0 radical (unpaired) electrons. The Labute approximate surface area is 147 Å². The number of likely N-dealkylation sites (tertiary alicyclic amines) is 1. The molecule has 0 spiro atoms. The number of ketones is 1.